The van der Waals surface area contributed by atoms with Gasteiger partial charge in [-0.1, -0.05) is 0 Å². The average molecular weight is 353 g/mol. The largest absolute Gasteiger partial charge is 0.452 e. The quantitative estimate of drug-likeness (QED) is 0.758. The number of hydrogen-bond donors (Lipinski definition) is 1. The van der Waals surface area contributed by atoms with E-state index in [-0.39, 0.29) is 11.6 Å². The van der Waals surface area contributed by atoms with Gasteiger partial charge in [0, 0.05) is 23.9 Å². The van der Waals surface area contributed by atoms with E-state index in [1.165, 1.54) is 6.33 Å². The first-order valence-corrected chi connectivity index (χ1v) is 7.41. The minimum absolute atomic E-state index is 0.0869. The maximum atomic E-state index is 12.9. The number of nitrogens with one attached hydrogen (secondary N) is 1. The van der Waals surface area contributed by atoms with Crippen LogP contribution in [0.1, 0.15) is 11.3 Å². The van der Waals surface area contributed by atoms with Gasteiger partial charge in [-0.2, -0.15) is 17.5 Å². The van der Waals surface area contributed by atoms with Crippen LogP contribution in [-0.4, -0.2) is 19.3 Å². The molecule has 3 aromatic heterocycles. The first kappa shape index (κ1) is 16.1. The Hall–Kier alpha value is -2.75. The van der Waals surface area contributed by atoms with E-state index < -0.39 is 11.7 Å². The number of pyridine rings is 2. The third-order valence-corrected chi connectivity index (χ3v) is 3.53. The Morgan fingerprint density at radius 3 is 2.67 bits per heavy atom. The number of aromatic nitrogens is 4. The van der Waals surface area contributed by atoms with E-state index in [1.807, 2.05) is 0 Å². The van der Waals surface area contributed by atoms with Crippen LogP contribution in [0.4, 0.5) is 24.1 Å². The second kappa shape index (κ2) is 6.40. The average Bonchev–Trinajstić information content (AvgIpc) is 3.03. The number of rotatable bonds is 4. The number of nitrogens with zero attached hydrogens (tertiary/aromatic N) is 4. The third-order valence-electron chi connectivity index (χ3n) is 2.95. The number of hydrogen-bond acceptors (Lipinski definition) is 7. The van der Waals surface area contributed by atoms with Gasteiger partial charge >= 0.3 is 6.18 Å². The summed E-state index contributed by atoms with van der Waals surface area (Å²) in [4.78, 5) is 11.8. The summed E-state index contributed by atoms with van der Waals surface area (Å²) in [5, 5.41) is 3.18. The van der Waals surface area contributed by atoms with Gasteiger partial charge in [0.1, 0.15) is 12.1 Å². The molecule has 0 saturated heterocycles. The molecule has 0 aliphatic heterocycles. The predicted molar refractivity (Wildman–Crippen MR) is 81.5 cm³/mol. The van der Waals surface area contributed by atoms with Gasteiger partial charge in [0.05, 0.1) is 11.3 Å². The van der Waals surface area contributed by atoms with E-state index >= 15 is 0 Å². The molecule has 0 spiro atoms. The highest BCUT2D eigenvalue weighted by Gasteiger charge is 2.32. The van der Waals surface area contributed by atoms with Crippen LogP contribution in [0, 0.1) is 6.92 Å². The van der Waals surface area contributed by atoms with Gasteiger partial charge in [0.25, 0.3) is 0 Å². The summed E-state index contributed by atoms with van der Waals surface area (Å²) in [6, 6.07) is 4.11. The summed E-state index contributed by atoms with van der Waals surface area (Å²) in [5.74, 6) is 0.345. The molecule has 0 saturated carbocycles. The predicted octanol–water partition coefficient (Wildman–Crippen LogP) is 4.19. The second-order valence-electron chi connectivity index (χ2n) is 4.63. The number of aryl methyl sites for hydroxylation is 1. The first-order chi connectivity index (χ1) is 11.4. The lowest BCUT2D eigenvalue weighted by Crippen LogP contribution is -2.07. The van der Waals surface area contributed by atoms with E-state index in [4.69, 9.17) is 4.74 Å². The molecule has 24 heavy (non-hydrogen) atoms. The summed E-state index contributed by atoms with van der Waals surface area (Å²) < 4.78 is 48.2. The fourth-order valence-corrected chi connectivity index (χ4v) is 2.23. The molecule has 10 heteroatoms. The maximum Gasteiger partial charge on any atom is 0.418 e. The van der Waals surface area contributed by atoms with E-state index in [9.17, 15) is 13.2 Å². The van der Waals surface area contributed by atoms with Crippen molar-refractivity contribution in [3.63, 3.8) is 0 Å². The van der Waals surface area contributed by atoms with Crippen molar-refractivity contribution >= 4 is 22.5 Å². The van der Waals surface area contributed by atoms with Gasteiger partial charge in [-0.3, -0.25) is 4.98 Å². The van der Waals surface area contributed by atoms with Gasteiger partial charge in [-0.25, -0.2) is 9.97 Å². The zero-order valence-electron chi connectivity index (χ0n) is 12.2. The van der Waals surface area contributed by atoms with Crippen molar-refractivity contribution in [3.8, 4) is 11.5 Å². The van der Waals surface area contributed by atoms with Crippen molar-refractivity contribution in [1.29, 1.82) is 0 Å². The minimum Gasteiger partial charge on any atom is -0.452 e. The summed E-state index contributed by atoms with van der Waals surface area (Å²) in [6.45, 7) is 1.69. The van der Waals surface area contributed by atoms with Crippen molar-refractivity contribution in [2.24, 2.45) is 0 Å². The molecule has 0 fully saturated rings. The molecule has 3 rings (SSSR count). The molecule has 0 amide bonds. The van der Waals surface area contributed by atoms with Gasteiger partial charge < -0.3 is 10.1 Å². The molecule has 0 atom stereocenters. The summed E-state index contributed by atoms with van der Waals surface area (Å²) in [6.07, 6.45) is -0.918. The van der Waals surface area contributed by atoms with Crippen LogP contribution in [0.15, 0.2) is 36.9 Å². The standard InChI is InChI=1S/C14H10F3N5OS/c1-8-10(3-2-4-18-8)23-11-5-9(14(15,16)17)6-19-12(11)22-13-20-7-21-24-13/h2-7H,1H3,(H,19,20,21,22). The normalized spacial score (nSPS) is 11.3. The second-order valence-corrected chi connectivity index (χ2v) is 5.41. The van der Waals surface area contributed by atoms with Crippen LogP contribution >= 0.6 is 11.5 Å². The zero-order chi connectivity index (χ0) is 17.2. The number of halogens is 3. The van der Waals surface area contributed by atoms with Crippen molar-refractivity contribution in [3.05, 3.63) is 48.2 Å². The van der Waals surface area contributed by atoms with Crippen molar-refractivity contribution < 1.29 is 17.9 Å². The Kier molecular flexibility index (Phi) is 4.30. The fraction of sp³-hybridized carbons (Fsp3) is 0.143. The lowest BCUT2D eigenvalue weighted by molar-refractivity contribution is -0.137. The van der Waals surface area contributed by atoms with Crippen LogP contribution < -0.4 is 10.1 Å². The highest BCUT2D eigenvalue weighted by Crippen LogP contribution is 2.37. The van der Waals surface area contributed by atoms with Crippen molar-refractivity contribution in [2.75, 3.05) is 5.32 Å². The summed E-state index contributed by atoms with van der Waals surface area (Å²) in [5.41, 5.74) is -0.376. The van der Waals surface area contributed by atoms with Crippen LogP contribution in [0.25, 0.3) is 0 Å². The molecule has 0 radical (unpaired) electrons. The topological polar surface area (TPSA) is 72.8 Å². The minimum atomic E-state index is -4.53. The third kappa shape index (κ3) is 3.59. The molecule has 124 valence electrons. The number of ether oxygens (including phenoxy) is 1. The van der Waals surface area contributed by atoms with E-state index in [0.29, 0.717) is 16.6 Å². The molecular weight excluding hydrogens is 343 g/mol. The Labute approximate surface area is 138 Å². The van der Waals surface area contributed by atoms with Crippen LogP contribution in [0.2, 0.25) is 0 Å². The summed E-state index contributed by atoms with van der Waals surface area (Å²) in [7, 11) is 0. The van der Waals surface area contributed by atoms with Gasteiger partial charge in [0.2, 0.25) is 5.13 Å². The molecule has 3 heterocycles. The van der Waals surface area contributed by atoms with Crippen LogP contribution in [-0.2, 0) is 6.18 Å². The van der Waals surface area contributed by atoms with Crippen LogP contribution in [0.3, 0.4) is 0 Å². The van der Waals surface area contributed by atoms with Crippen molar-refractivity contribution in [2.45, 2.75) is 13.1 Å². The highest BCUT2D eigenvalue weighted by atomic mass is 32.1. The lowest BCUT2D eigenvalue weighted by atomic mass is 10.2. The van der Waals surface area contributed by atoms with Gasteiger partial charge in [-0.05, 0) is 25.1 Å². The molecule has 0 unspecified atom stereocenters. The van der Waals surface area contributed by atoms with Gasteiger partial charge in [-0.15, -0.1) is 0 Å². The molecule has 0 aliphatic rings. The monoisotopic (exact) mass is 353 g/mol. The van der Waals surface area contributed by atoms with E-state index in [0.717, 1.165) is 23.8 Å². The molecule has 0 aromatic carbocycles. The molecular formula is C14H10F3N5OS. The molecule has 1 N–H and O–H groups in total. The Morgan fingerprint density at radius 2 is 2.00 bits per heavy atom. The smallest absolute Gasteiger partial charge is 0.418 e. The number of alkyl halides is 3. The molecule has 6 nitrogen and oxygen atoms in total. The van der Waals surface area contributed by atoms with E-state index in [1.54, 1.807) is 25.3 Å². The Balaban J connectivity index is 2.00. The summed E-state index contributed by atoms with van der Waals surface area (Å²) >= 11 is 1.04. The van der Waals surface area contributed by atoms with Gasteiger partial charge in [0.15, 0.2) is 11.6 Å². The molecule has 3 aromatic rings. The first-order valence-electron chi connectivity index (χ1n) is 6.64. The maximum absolute atomic E-state index is 12.9. The highest BCUT2D eigenvalue weighted by molar-refractivity contribution is 7.09. The number of anilines is 2. The van der Waals surface area contributed by atoms with E-state index in [2.05, 4.69) is 24.6 Å². The zero-order valence-corrected chi connectivity index (χ0v) is 13.0. The van der Waals surface area contributed by atoms with Crippen LogP contribution in [0.5, 0.6) is 11.5 Å². The van der Waals surface area contributed by atoms with Crippen molar-refractivity contribution in [1.82, 2.24) is 19.3 Å². The molecule has 0 aliphatic carbocycles. The fourth-order valence-electron chi connectivity index (χ4n) is 1.80. The Bertz CT molecular complexity index is 839. The lowest BCUT2D eigenvalue weighted by Gasteiger charge is -2.14. The Morgan fingerprint density at radius 1 is 1.17 bits per heavy atom. The SMILES string of the molecule is Cc1ncccc1Oc1cc(C(F)(F)F)cnc1Nc1ncns1. The molecule has 0 bridgehead atoms.